The number of carbonyl (C=O) groups is 1. The van der Waals surface area contributed by atoms with Gasteiger partial charge in [-0.3, -0.25) is 9.20 Å². The number of fused-ring (bicyclic) bond motifs is 3. The minimum atomic E-state index is 0.00281. The molecule has 0 saturated carbocycles. The van der Waals surface area contributed by atoms with E-state index in [0.717, 1.165) is 34.4 Å². The Morgan fingerprint density at radius 1 is 1.10 bits per heavy atom. The lowest BCUT2D eigenvalue weighted by atomic mass is 10.1. The molecule has 0 aliphatic carbocycles. The van der Waals surface area contributed by atoms with E-state index in [2.05, 4.69) is 60.6 Å². The molecule has 6 nitrogen and oxygen atoms in total. The van der Waals surface area contributed by atoms with E-state index in [1.165, 1.54) is 17.3 Å². The van der Waals surface area contributed by atoms with Crippen molar-refractivity contribution in [2.45, 2.75) is 32.3 Å². The van der Waals surface area contributed by atoms with Crippen LogP contribution < -0.4 is 5.32 Å². The monoisotopic (exact) mass is 419 g/mol. The van der Waals surface area contributed by atoms with Crippen molar-refractivity contribution in [1.29, 1.82) is 0 Å². The van der Waals surface area contributed by atoms with Crippen molar-refractivity contribution in [3.63, 3.8) is 0 Å². The highest BCUT2D eigenvalue weighted by Crippen LogP contribution is 2.29. The number of hydrogen-bond acceptors (Lipinski definition) is 5. The Bertz CT molecular complexity index is 1180. The summed E-state index contributed by atoms with van der Waals surface area (Å²) in [6.45, 7) is 7.05. The summed E-state index contributed by atoms with van der Waals surface area (Å²) in [6, 6.07) is 16.2. The molecule has 0 atom stereocenters. The first-order valence-corrected chi connectivity index (χ1v) is 11.1. The molecule has 0 aliphatic rings. The summed E-state index contributed by atoms with van der Waals surface area (Å²) in [4.78, 5) is 17.2. The third kappa shape index (κ3) is 4.31. The van der Waals surface area contributed by atoms with Crippen molar-refractivity contribution in [3.8, 4) is 11.4 Å². The molecule has 0 spiro atoms. The molecular formula is C23H25N5OS. The van der Waals surface area contributed by atoms with Crippen molar-refractivity contribution in [2.24, 2.45) is 5.92 Å². The molecule has 0 unspecified atom stereocenters. The van der Waals surface area contributed by atoms with Gasteiger partial charge in [-0.05, 0) is 31.4 Å². The molecule has 0 saturated heterocycles. The van der Waals surface area contributed by atoms with E-state index in [1.54, 1.807) is 0 Å². The predicted molar refractivity (Wildman–Crippen MR) is 122 cm³/mol. The van der Waals surface area contributed by atoms with Crippen LogP contribution in [0.1, 0.15) is 25.8 Å². The second-order valence-corrected chi connectivity index (χ2v) is 8.72. The molecule has 154 valence electrons. The first-order valence-electron chi connectivity index (χ1n) is 10.1. The maximum atomic E-state index is 12.3. The van der Waals surface area contributed by atoms with Gasteiger partial charge in [0.15, 0.2) is 10.8 Å². The van der Waals surface area contributed by atoms with Gasteiger partial charge >= 0.3 is 0 Å². The lowest BCUT2D eigenvalue weighted by molar-refractivity contribution is -0.118. The van der Waals surface area contributed by atoms with Gasteiger partial charge < -0.3 is 5.32 Å². The number of rotatable bonds is 7. The van der Waals surface area contributed by atoms with E-state index in [1.807, 2.05) is 28.7 Å². The number of carbonyl (C=O) groups excluding carboxylic acids is 1. The minimum absolute atomic E-state index is 0.00281. The molecule has 2 aromatic heterocycles. The third-order valence-corrected chi connectivity index (χ3v) is 5.83. The summed E-state index contributed by atoms with van der Waals surface area (Å²) in [6.07, 6.45) is 0.970. The molecular weight excluding hydrogens is 394 g/mol. The average Bonchev–Trinajstić information content (AvgIpc) is 3.16. The molecule has 0 bridgehead atoms. The number of hydrogen-bond donors (Lipinski definition) is 1. The molecule has 2 aromatic carbocycles. The summed E-state index contributed by atoms with van der Waals surface area (Å²) < 4.78 is 1.96. The van der Waals surface area contributed by atoms with Crippen LogP contribution in [0.2, 0.25) is 0 Å². The Morgan fingerprint density at radius 2 is 1.87 bits per heavy atom. The van der Waals surface area contributed by atoms with Crippen molar-refractivity contribution in [3.05, 3.63) is 54.1 Å². The fraction of sp³-hybridized carbons (Fsp3) is 0.304. The number of benzene rings is 2. The van der Waals surface area contributed by atoms with Crippen LogP contribution in [0, 0.1) is 12.8 Å². The van der Waals surface area contributed by atoms with E-state index < -0.39 is 0 Å². The number of thioether (sulfide) groups is 1. The first kappa shape index (κ1) is 20.3. The molecule has 4 aromatic rings. The summed E-state index contributed by atoms with van der Waals surface area (Å²) in [7, 11) is 0. The number of nitrogens with zero attached hydrogens (tertiary/aromatic N) is 4. The highest BCUT2D eigenvalue weighted by Gasteiger charge is 2.17. The zero-order valence-electron chi connectivity index (χ0n) is 17.4. The molecule has 30 heavy (non-hydrogen) atoms. The van der Waals surface area contributed by atoms with E-state index in [-0.39, 0.29) is 5.91 Å². The van der Waals surface area contributed by atoms with Crippen LogP contribution in [-0.4, -0.2) is 37.8 Å². The van der Waals surface area contributed by atoms with Gasteiger partial charge in [0.25, 0.3) is 0 Å². The van der Waals surface area contributed by atoms with Crippen LogP contribution in [0.4, 0.5) is 0 Å². The van der Waals surface area contributed by atoms with Crippen LogP contribution >= 0.6 is 11.8 Å². The number of para-hydroxylation sites is 1. The molecule has 0 aliphatic heterocycles. The molecule has 0 fully saturated rings. The Balaban J connectivity index is 1.70. The Morgan fingerprint density at radius 3 is 2.63 bits per heavy atom. The summed E-state index contributed by atoms with van der Waals surface area (Å²) in [5.74, 6) is 1.63. The van der Waals surface area contributed by atoms with Crippen LogP contribution in [0.5, 0.6) is 0 Å². The fourth-order valence-corrected chi connectivity index (χ4v) is 3.99. The zero-order chi connectivity index (χ0) is 21.1. The highest BCUT2D eigenvalue weighted by atomic mass is 32.2. The quantitative estimate of drug-likeness (QED) is 0.446. The van der Waals surface area contributed by atoms with Crippen molar-refractivity contribution < 1.29 is 4.79 Å². The number of amides is 1. The fourth-order valence-electron chi connectivity index (χ4n) is 3.23. The average molecular weight is 420 g/mol. The lowest BCUT2D eigenvalue weighted by Gasteiger charge is -2.10. The molecule has 1 N–H and O–H groups in total. The molecule has 7 heteroatoms. The minimum Gasteiger partial charge on any atom is -0.355 e. The van der Waals surface area contributed by atoms with Gasteiger partial charge in [0.1, 0.15) is 5.82 Å². The Kier molecular flexibility index (Phi) is 5.99. The standard InChI is InChI=1S/C23H25N5OS/c1-15(2)12-13-24-20(29)14-30-23-27-26-22-18-6-4-5-7-19(18)25-21(28(22)23)17-10-8-16(3)9-11-17/h4-11,15H,12-14H2,1-3H3,(H,24,29). The van der Waals surface area contributed by atoms with Crippen LogP contribution in [0.15, 0.2) is 53.7 Å². The molecule has 2 heterocycles. The predicted octanol–water partition coefficient (Wildman–Crippen LogP) is 4.51. The Hall–Kier alpha value is -2.93. The number of aryl methyl sites for hydroxylation is 1. The maximum Gasteiger partial charge on any atom is 0.230 e. The smallest absolute Gasteiger partial charge is 0.230 e. The van der Waals surface area contributed by atoms with Crippen LogP contribution in [0.3, 0.4) is 0 Å². The van der Waals surface area contributed by atoms with Crippen molar-refractivity contribution >= 4 is 34.2 Å². The molecule has 1 amide bonds. The van der Waals surface area contributed by atoms with Gasteiger partial charge in [0.2, 0.25) is 5.91 Å². The molecule has 0 radical (unpaired) electrons. The molecule has 4 rings (SSSR count). The normalized spacial score (nSPS) is 11.5. The summed E-state index contributed by atoms with van der Waals surface area (Å²) >= 11 is 1.38. The lowest BCUT2D eigenvalue weighted by Crippen LogP contribution is -2.27. The number of aromatic nitrogens is 4. The van der Waals surface area contributed by atoms with Gasteiger partial charge in [-0.25, -0.2) is 4.98 Å². The topological polar surface area (TPSA) is 72.2 Å². The van der Waals surface area contributed by atoms with Gasteiger partial charge in [-0.15, -0.1) is 10.2 Å². The van der Waals surface area contributed by atoms with E-state index in [9.17, 15) is 4.79 Å². The largest absolute Gasteiger partial charge is 0.355 e. The maximum absolute atomic E-state index is 12.3. The Labute approximate surface area is 180 Å². The second-order valence-electron chi connectivity index (χ2n) is 7.78. The van der Waals surface area contributed by atoms with E-state index in [0.29, 0.717) is 23.4 Å². The van der Waals surface area contributed by atoms with E-state index >= 15 is 0 Å². The van der Waals surface area contributed by atoms with E-state index in [4.69, 9.17) is 4.98 Å². The summed E-state index contributed by atoms with van der Waals surface area (Å²) in [5, 5.41) is 13.4. The highest BCUT2D eigenvalue weighted by molar-refractivity contribution is 7.99. The zero-order valence-corrected chi connectivity index (χ0v) is 18.2. The first-order chi connectivity index (χ1) is 14.5. The van der Waals surface area contributed by atoms with Gasteiger partial charge in [-0.1, -0.05) is 67.6 Å². The van der Waals surface area contributed by atoms with Crippen LogP contribution in [0.25, 0.3) is 27.9 Å². The summed E-state index contributed by atoms with van der Waals surface area (Å²) in [5.41, 5.74) is 3.79. The van der Waals surface area contributed by atoms with Crippen LogP contribution in [-0.2, 0) is 4.79 Å². The third-order valence-electron chi connectivity index (χ3n) is 4.90. The van der Waals surface area contributed by atoms with Gasteiger partial charge in [-0.2, -0.15) is 0 Å². The SMILES string of the molecule is Cc1ccc(-c2nc3ccccc3c3nnc(SCC(=O)NCCC(C)C)n23)cc1. The van der Waals surface area contributed by atoms with Gasteiger partial charge in [0, 0.05) is 17.5 Å². The van der Waals surface area contributed by atoms with Crippen molar-refractivity contribution in [1.82, 2.24) is 24.9 Å². The number of nitrogens with one attached hydrogen (secondary N) is 1. The second kappa shape index (κ2) is 8.83. The van der Waals surface area contributed by atoms with Gasteiger partial charge in [0.05, 0.1) is 11.3 Å². The van der Waals surface area contributed by atoms with Crippen molar-refractivity contribution in [2.75, 3.05) is 12.3 Å².